The van der Waals surface area contributed by atoms with Crippen LogP contribution < -0.4 is 5.73 Å². The third-order valence-electron chi connectivity index (χ3n) is 3.31. The van der Waals surface area contributed by atoms with Crippen LogP contribution >= 0.6 is 0 Å². The van der Waals surface area contributed by atoms with Crippen LogP contribution in [0.25, 0.3) is 5.69 Å². The Hall–Kier alpha value is -2.21. The predicted molar refractivity (Wildman–Crippen MR) is 81.1 cm³/mol. The number of hydrogen-bond acceptors (Lipinski definition) is 4. The molecule has 1 heterocycles. The molecule has 0 aliphatic carbocycles. The van der Waals surface area contributed by atoms with Gasteiger partial charge < -0.3 is 10.6 Å². The van der Waals surface area contributed by atoms with E-state index in [2.05, 4.69) is 30.0 Å². The van der Waals surface area contributed by atoms with Crippen molar-refractivity contribution in [1.29, 1.82) is 0 Å². The minimum absolute atomic E-state index is 0.0539. The molecule has 2 N–H and O–H groups in total. The number of aryl methyl sites for hydroxylation is 1. The van der Waals surface area contributed by atoms with Gasteiger partial charge in [0.25, 0.3) is 0 Å². The second-order valence-electron chi connectivity index (χ2n) is 5.46. The molecule has 6 heteroatoms. The van der Waals surface area contributed by atoms with Crippen LogP contribution in [0.2, 0.25) is 0 Å². The topological polar surface area (TPSA) is 77.0 Å². The zero-order chi connectivity index (χ0) is 15.6. The summed E-state index contributed by atoms with van der Waals surface area (Å²) in [5.41, 5.74) is 8.56. The molecule has 1 aromatic heterocycles. The molecular weight excluding hydrogens is 266 g/mol. The van der Waals surface area contributed by atoms with Gasteiger partial charge in [-0.2, -0.15) is 5.10 Å². The fraction of sp³-hybridized carbons (Fsp3) is 0.400. The Labute approximate surface area is 124 Å². The molecular formula is C15H21N5O. The fourth-order valence-electron chi connectivity index (χ4n) is 2.17. The van der Waals surface area contributed by atoms with Crippen LogP contribution in [-0.2, 0) is 17.8 Å². The lowest BCUT2D eigenvalue weighted by molar-refractivity contribution is -0.117. The largest absolute Gasteiger partial charge is 0.369 e. The molecule has 0 aliphatic heterocycles. The molecule has 21 heavy (non-hydrogen) atoms. The molecule has 0 unspecified atom stereocenters. The minimum atomic E-state index is -0.426. The Kier molecular flexibility index (Phi) is 4.37. The maximum atomic E-state index is 11.1. The fourth-order valence-corrected chi connectivity index (χ4v) is 2.17. The van der Waals surface area contributed by atoms with Crippen LogP contribution in [0.15, 0.2) is 18.2 Å². The number of hydrogen-bond donors (Lipinski definition) is 1. The Morgan fingerprint density at radius 2 is 2.05 bits per heavy atom. The van der Waals surface area contributed by atoms with E-state index in [0.29, 0.717) is 12.4 Å². The summed E-state index contributed by atoms with van der Waals surface area (Å²) < 4.78 is 1.81. The first kappa shape index (κ1) is 15.2. The standard InChI is InChI=1S/C15H21N5O/c1-10-6-5-7-12(11(10)2)20-15(9-19(3)4)17-14(18-20)8-13(16)21/h5-7H,8-9H2,1-4H3,(H2,16,21). The van der Waals surface area contributed by atoms with Crippen LogP contribution in [0.1, 0.15) is 22.8 Å². The smallest absolute Gasteiger partial charge is 0.225 e. The van der Waals surface area contributed by atoms with E-state index in [-0.39, 0.29) is 6.42 Å². The van der Waals surface area contributed by atoms with Crippen LogP contribution in [0.4, 0.5) is 0 Å². The Morgan fingerprint density at radius 3 is 2.67 bits per heavy atom. The van der Waals surface area contributed by atoms with Gasteiger partial charge in [-0.3, -0.25) is 4.79 Å². The van der Waals surface area contributed by atoms with Gasteiger partial charge in [-0.25, -0.2) is 9.67 Å². The van der Waals surface area contributed by atoms with E-state index >= 15 is 0 Å². The molecule has 112 valence electrons. The van der Waals surface area contributed by atoms with Crippen LogP contribution in [0.5, 0.6) is 0 Å². The Morgan fingerprint density at radius 1 is 1.33 bits per heavy atom. The summed E-state index contributed by atoms with van der Waals surface area (Å²) in [6, 6.07) is 6.06. The van der Waals surface area contributed by atoms with Crippen molar-refractivity contribution >= 4 is 5.91 Å². The number of nitrogens with two attached hydrogens (primary N) is 1. The SMILES string of the molecule is Cc1cccc(-n2nc(CC(N)=O)nc2CN(C)C)c1C. The number of amides is 1. The van der Waals surface area contributed by atoms with Gasteiger partial charge in [0.15, 0.2) is 5.82 Å². The molecule has 0 spiro atoms. The van der Waals surface area contributed by atoms with Gasteiger partial charge in [-0.15, -0.1) is 0 Å². The summed E-state index contributed by atoms with van der Waals surface area (Å²) in [5.74, 6) is 0.828. The molecule has 0 atom stereocenters. The highest BCUT2D eigenvalue weighted by Crippen LogP contribution is 2.19. The van der Waals surface area contributed by atoms with Gasteiger partial charge in [-0.05, 0) is 45.1 Å². The number of primary amides is 1. The molecule has 2 aromatic rings. The highest BCUT2D eigenvalue weighted by atomic mass is 16.1. The molecule has 0 aliphatic rings. The molecule has 2 rings (SSSR count). The van der Waals surface area contributed by atoms with Gasteiger partial charge in [0.1, 0.15) is 5.82 Å². The third-order valence-corrected chi connectivity index (χ3v) is 3.31. The van der Waals surface area contributed by atoms with Crippen molar-refractivity contribution in [2.24, 2.45) is 5.73 Å². The second-order valence-corrected chi connectivity index (χ2v) is 5.46. The highest BCUT2D eigenvalue weighted by molar-refractivity contribution is 5.75. The summed E-state index contributed by atoms with van der Waals surface area (Å²) in [6.07, 6.45) is 0.0539. The van der Waals surface area contributed by atoms with Crippen LogP contribution in [-0.4, -0.2) is 39.7 Å². The zero-order valence-corrected chi connectivity index (χ0v) is 12.9. The summed E-state index contributed by atoms with van der Waals surface area (Å²) in [7, 11) is 3.94. The predicted octanol–water partition coefficient (Wildman–Crippen LogP) is 0.974. The first-order valence-electron chi connectivity index (χ1n) is 6.83. The third kappa shape index (κ3) is 3.46. The van der Waals surface area contributed by atoms with E-state index in [4.69, 9.17) is 5.73 Å². The maximum absolute atomic E-state index is 11.1. The van der Waals surface area contributed by atoms with Crippen LogP contribution in [0, 0.1) is 13.8 Å². The van der Waals surface area contributed by atoms with E-state index in [1.54, 1.807) is 4.68 Å². The molecule has 0 bridgehead atoms. The molecule has 1 aromatic carbocycles. The van der Waals surface area contributed by atoms with E-state index in [1.165, 1.54) is 5.56 Å². The lowest BCUT2D eigenvalue weighted by Crippen LogP contribution is -2.16. The second kappa shape index (κ2) is 6.05. The highest BCUT2D eigenvalue weighted by Gasteiger charge is 2.15. The monoisotopic (exact) mass is 287 g/mol. The van der Waals surface area contributed by atoms with Crippen molar-refractivity contribution in [3.63, 3.8) is 0 Å². The van der Waals surface area contributed by atoms with E-state index in [9.17, 15) is 4.79 Å². The van der Waals surface area contributed by atoms with Gasteiger partial charge >= 0.3 is 0 Å². The van der Waals surface area contributed by atoms with Crippen LogP contribution in [0.3, 0.4) is 0 Å². The summed E-state index contributed by atoms with van der Waals surface area (Å²) in [6.45, 7) is 4.75. The molecule has 0 fully saturated rings. The van der Waals surface area contributed by atoms with Gasteiger partial charge in [0.2, 0.25) is 5.91 Å². The lowest BCUT2D eigenvalue weighted by Gasteiger charge is -2.13. The summed E-state index contributed by atoms with van der Waals surface area (Å²) in [5, 5.41) is 4.45. The molecule has 0 saturated heterocycles. The lowest BCUT2D eigenvalue weighted by atomic mass is 10.1. The average Bonchev–Trinajstić information content (AvgIpc) is 2.73. The molecule has 0 saturated carbocycles. The van der Waals surface area contributed by atoms with Gasteiger partial charge in [0.05, 0.1) is 18.7 Å². The summed E-state index contributed by atoms with van der Waals surface area (Å²) in [4.78, 5) is 17.6. The maximum Gasteiger partial charge on any atom is 0.225 e. The quantitative estimate of drug-likeness (QED) is 0.889. The van der Waals surface area contributed by atoms with Crippen molar-refractivity contribution in [2.75, 3.05) is 14.1 Å². The van der Waals surface area contributed by atoms with E-state index in [0.717, 1.165) is 17.1 Å². The Bertz CT molecular complexity index is 660. The molecule has 0 radical (unpaired) electrons. The van der Waals surface area contributed by atoms with Crippen molar-refractivity contribution in [3.8, 4) is 5.69 Å². The number of carbonyl (C=O) groups excluding carboxylic acids is 1. The van der Waals surface area contributed by atoms with Gasteiger partial charge in [0, 0.05) is 0 Å². The van der Waals surface area contributed by atoms with Crippen molar-refractivity contribution in [2.45, 2.75) is 26.8 Å². The molecule has 1 amide bonds. The number of benzene rings is 1. The van der Waals surface area contributed by atoms with Crippen molar-refractivity contribution < 1.29 is 4.79 Å². The molecule has 6 nitrogen and oxygen atoms in total. The van der Waals surface area contributed by atoms with E-state index < -0.39 is 5.91 Å². The number of rotatable bonds is 5. The first-order chi connectivity index (χ1) is 9.88. The van der Waals surface area contributed by atoms with Crippen molar-refractivity contribution in [1.82, 2.24) is 19.7 Å². The van der Waals surface area contributed by atoms with Gasteiger partial charge in [-0.1, -0.05) is 12.1 Å². The normalized spacial score (nSPS) is 11.1. The average molecular weight is 287 g/mol. The number of nitrogens with zero attached hydrogens (tertiary/aromatic N) is 4. The number of aromatic nitrogens is 3. The zero-order valence-electron chi connectivity index (χ0n) is 12.9. The first-order valence-corrected chi connectivity index (χ1v) is 6.83. The van der Waals surface area contributed by atoms with Crippen molar-refractivity contribution in [3.05, 3.63) is 41.0 Å². The number of carbonyl (C=O) groups is 1. The Balaban J connectivity index is 2.51. The van der Waals surface area contributed by atoms with E-state index in [1.807, 2.05) is 31.1 Å². The minimum Gasteiger partial charge on any atom is -0.369 e. The summed E-state index contributed by atoms with van der Waals surface area (Å²) >= 11 is 0.